The van der Waals surface area contributed by atoms with Crippen LogP contribution < -0.4 is 4.74 Å². The van der Waals surface area contributed by atoms with E-state index < -0.39 is 4.92 Å². The van der Waals surface area contributed by atoms with E-state index in [1.165, 1.54) is 18.2 Å². The van der Waals surface area contributed by atoms with Crippen LogP contribution in [-0.4, -0.2) is 47.6 Å². The lowest BCUT2D eigenvalue weighted by molar-refractivity contribution is -0.384. The first-order chi connectivity index (χ1) is 9.95. The summed E-state index contributed by atoms with van der Waals surface area (Å²) in [7, 11) is 0. The van der Waals surface area contributed by atoms with Crippen LogP contribution in [0.15, 0.2) is 24.3 Å². The molecule has 7 heteroatoms. The fourth-order valence-electron chi connectivity index (χ4n) is 2.30. The maximum Gasteiger partial charge on any atom is 0.273 e. The van der Waals surface area contributed by atoms with Crippen molar-refractivity contribution >= 4 is 11.6 Å². The van der Waals surface area contributed by atoms with E-state index in [0.717, 1.165) is 0 Å². The maximum absolute atomic E-state index is 12.1. The lowest BCUT2D eigenvalue weighted by Crippen LogP contribution is -2.49. The van der Waals surface area contributed by atoms with Gasteiger partial charge in [-0.3, -0.25) is 14.9 Å². The standard InChI is InChI=1S/C14H18N2O5/c1-10-7-15(8-11(2)21-10)14(17)9-20-13-5-3-4-12(6-13)16(18)19/h3-6,10-11H,7-9H2,1-2H3. The molecule has 0 saturated carbocycles. The van der Waals surface area contributed by atoms with Crippen molar-refractivity contribution in [2.45, 2.75) is 26.1 Å². The Labute approximate surface area is 122 Å². The number of morpholine rings is 1. The van der Waals surface area contributed by atoms with Gasteiger partial charge in [0.05, 0.1) is 23.2 Å². The maximum atomic E-state index is 12.1. The second-order valence-electron chi connectivity index (χ2n) is 5.10. The third-order valence-electron chi connectivity index (χ3n) is 3.16. The van der Waals surface area contributed by atoms with Crippen LogP contribution in [0.3, 0.4) is 0 Å². The molecule has 0 spiro atoms. The zero-order valence-electron chi connectivity index (χ0n) is 12.0. The number of hydrogen-bond acceptors (Lipinski definition) is 5. The summed E-state index contributed by atoms with van der Waals surface area (Å²) in [4.78, 5) is 24.0. The summed E-state index contributed by atoms with van der Waals surface area (Å²) in [6.45, 7) is 4.75. The van der Waals surface area contributed by atoms with Gasteiger partial charge in [0.25, 0.3) is 11.6 Å². The molecule has 2 atom stereocenters. The summed E-state index contributed by atoms with van der Waals surface area (Å²) in [5.41, 5.74) is -0.0615. The van der Waals surface area contributed by atoms with Crippen molar-refractivity contribution in [1.29, 1.82) is 0 Å². The average Bonchev–Trinajstić information content (AvgIpc) is 2.44. The van der Waals surface area contributed by atoms with Crippen LogP contribution in [0.2, 0.25) is 0 Å². The zero-order valence-corrected chi connectivity index (χ0v) is 12.0. The zero-order chi connectivity index (χ0) is 15.4. The Kier molecular flexibility index (Phi) is 4.74. The number of amides is 1. The smallest absolute Gasteiger partial charge is 0.273 e. The number of non-ortho nitro benzene ring substituents is 1. The number of nitrogens with zero attached hydrogens (tertiary/aromatic N) is 2. The van der Waals surface area contributed by atoms with Crippen molar-refractivity contribution in [3.05, 3.63) is 34.4 Å². The van der Waals surface area contributed by atoms with E-state index in [1.54, 1.807) is 11.0 Å². The van der Waals surface area contributed by atoms with E-state index >= 15 is 0 Å². The Balaban J connectivity index is 1.92. The van der Waals surface area contributed by atoms with Crippen molar-refractivity contribution in [2.24, 2.45) is 0 Å². The minimum atomic E-state index is -0.500. The van der Waals surface area contributed by atoms with Crippen LogP contribution in [0.4, 0.5) is 5.69 Å². The number of benzene rings is 1. The van der Waals surface area contributed by atoms with Crippen LogP contribution in [0.5, 0.6) is 5.75 Å². The quantitative estimate of drug-likeness (QED) is 0.622. The van der Waals surface area contributed by atoms with Gasteiger partial charge in [0.2, 0.25) is 0 Å². The van der Waals surface area contributed by atoms with Crippen molar-refractivity contribution in [3.8, 4) is 5.75 Å². The molecule has 1 aromatic rings. The lowest BCUT2D eigenvalue weighted by atomic mass is 10.2. The minimum absolute atomic E-state index is 0.00415. The van der Waals surface area contributed by atoms with Gasteiger partial charge in [-0.05, 0) is 19.9 Å². The topological polar surface area (TPSA) is 81.9 Å². The molecule has 114 valence electrons. The Morgan fingerprint density at radius 2 is 2.10 bits per heavy atom. The molecule has 21 heavy (non-hydrogen) atoms. The minimum Gasteiger partial charge on any atom is -0.484 e. The molecule has 1 amide bonds. The van der Waals surface area contributed by atoms with E-state index in [-0.39, 0.29) is 30.4 Å². The van der Waals surface area contributed by atoms with Gasteiger partial charge in [-0.2, -0.15) is 0 Å². The molecule has 1 aliphatic heterocycles. The summed E-state index contributed by atoms with van der Waals surface area (Å²) >= 11 is 0. The van der Waals surface area contributed by atoms with E-state index in [0.29, 0.717) is 18.8 Å². The highest BCUT2D eigenvalue weighted by Gasteiger charge is 2.26. The highest BCUT2D eigenvalue weighted by molar-refractivity contribution is 5.78. The van der Waals surface area contributed by atoms with E-state index in [1.807, 2.05) is 13.8 Å². The van der Waals surface area contributed by atoms with Crippen LogP contribution in [0.25, 0.3) is 0 Å². The van der Waals surface area contributed by atoms with E-state index in [2.05, 4.69) is 0 Å². The van der Waals surface area contributed by atoms with Gasteiger partial charge in [-0.15, -0.1) is 0 Å². The Bertz CT molecular complexity index is 524. The Hall–Kier alpha value is -2.15. The SMILES string of the molecule is CC1CN(C(=O)COc2cccc([N+](=O)[O-])c2)CC(C)O1. The molecular formula is C14H18N2O5. The van der Waals surface area contributed by atoms with Crippen molar-refractivity contribution in [3.63, 3.8) is 0 Å². The van der Waals surface area contributed by atoms with Gasteiger partial charge in [0.1, 0.15) is 5.75 Å². The van der Waals surface area contributed by atoms with Crippen molar-refractivity contribution in [1.82, 2.24) is 4.90 Å². The van der Waals surface area contributed by atoms with Gasteiger partial charge in [0.15, 0.2) is 6.61 Å². The predicted molar refractivity (Wildman–Crippen MR) is 75.2 cm³/mol. The molecule has 1 aliphatic rings. The second-order valence-corrected chi connectivity index (χ2v) is 5.10. The molecule has 0 aromatic heterocycles. The third kappa shape index (κ3) is 4.16. The first-order valence-corrected chi connectivity index (χ1v) is 6.76. The molecule has 1 aromatic carbocycles. The van der Waals surface area contributed by atoms with Gasteiger partial charge < -0.3 is 14.4 Å². The first-order valence-electron chi connectivity index (χ1n) is 6.76. The molecule has 0 aliphatic carbocycles. The van der Waals surface area contributed by atoms with Gasteiger partial charge in [-0.1, -0.05) is 6.07 Å². The summed E-state index contributed by atoms with van der Waals surface area (Å²) in [5, 5.41) is 10.7. The average molecular weight is 294 g/mol. The number of carbonyl (C=O) groups excluding carboxylic acids is 1. The molecule has 1 heterocycles. The van der Waals surface area contributed by atoms with Crippen LogP contribution in [0.1, 0.15) is 13.8 Å². The van der Waals surface area contributed by atoms with E-state index in [9.17, 15) is 14.9 Å². The predicted octanol–water partition coefficient (Wildman–Crippen LogP) is 1.61. The first kappa shape index (κ1) is 15.2. The molecule has 2 unspecified atom stereocenters. The fraction of sp³-hybridized carbons (Fsp3) is 0.500. The molecular weight excluding hydrogens is 276 g/mol. The fourth-order valence-corrected chi connectivity index (χ4v) is 2.30. The number of rotatable bonds is 4. The normalized spacial score (nSPS) is 21.9. The number of ether oxygens (including phenoxy) is 2. The van der Waals surface area contributed by atoms with Crippen molar-refractivity contribution < 1.29 is 19.2 Å². The molecule has 7 nitrogen and oxygen atoms in total. The summed E-state index contributed by atoms with van der Waals surface area (Å²) in [5.74, 6) is 0.162. The summed E-state index contributed by atoms with van der Waals surface area (Å²) < 4.78 is 10.9. The van der Waals surface area contributed by atoms with E-state index in [4.69, 9.17) is 9.47 Å². The van der Waals surface area contributed by atoms with Crippen molar-refractivity contribution in [2.75, 3.05) is 19.7 Å². The van der Waals surface area contributed by atoms with Gasteiger partial charge >= 0.3 is 0 Å². The van der Waals surface area contributed by atoms with Crippen LogP contribution >= 0.6 is 0 Å². The number of nitro groups is 1. The molecule has 2 rings (SSSR count). The summed E-state index contributed by atoms with van der Waals surface area (Å²) in [6.07, 6.45) is -0.00831. The Morgan fingerprint density at radius 3 is 2.71 bits per heavy atom. The van der Waals surface area contributed by atoms with Gasteiger partial charge in [-0.25, -0.2) is 0 Å². The number of nitro benzene ring substituents is 1. The van der Waals surface area contributed by atoms with Gasteiger partial charge in [0, 0.05) is 19.2 Å². The van der Waals surface area contributed by atoms with Crippen LogP contribution in [0, 0.1) is 10.1 Å². The third-order valence-corrected chi connectivity index (χ3v) is 3.16. The summed E-state index contributed by atoms with van der Waals surface area (Å²) in [6, 6.07) is 5.79. The molecule has 1 saturated heterocycles. The van der Waals surface area contributed by atoms with Crippen LogP contribution in [-0.2, 0) is 9.53 Å². The largest absolute Gasteiger partial charge is 0.484 e. The monoisotopic (exact) mass is 294 g/mol. The Morgan fingerprint density at radius 1 is 1.43 bits per heavy atom. The second kappa shape index (κ2) is 6.53. The lowest BCUT2D eigenvalue weighted by Gasteiger charge is -2.35. The number of carbonyl (C=O) groups is 1. The number of hydrogen-bond donors (Lipinski definition) is 0. The molecule has 0 bridgehead atoms. The molecule has 1 fully saturated rings. The molecule has 0 radical (unpaired) electrons. The molecule has 0 N–H and O–H groups in total. The highest BCUT2D eigenvalue weighted by atomic mass is 16.6. The highest BCUT2D eigenvalue weighted by Crippen LogP contribution is 2.19.